The van der Waals surface area contributed by atoms with Gasteiger partial charge in [0.25, 0.3) is 0 Å². The van der Waals surface area contributed by atoms with Crippen molar-refractivity contribution in [1.29, 1.82) is 0 Å². The van der Waals surface area contributed by atoms with Crippen molar-refractivity contribution in [2.45, 2.75) is 26.3 Å². The molecule has 1 N–H and O–H groups in total. The molecule has 1 heterocycles. The largest absolute Gasteiger partial charge is 0.261 e. The predicted octanol–water partition coefficient (Wildman–Crippen LogP) is 1.25. The quantitative estimate of drug-likeness (QED) is 0.844. The highest BCUT2D eigenvalue weighted by Crippen LogP contribution is 2.11. The normalized spacial score (nSPS) is 12.0. The second-order valence-corrected chi connectivity index (χ2v) is 5.67. The van der Waals surface area contributed by atoms with E-state index in [9.17, 15) is 8.42 Å². The summed E-state index contributed by atoms with van der Waals surface area (Å²) in [5, 5.41) is 0. The van der Waals surface area contributed by atoms with Crippen LogP contribution in [-0.4, -0.2) is 19.7 Å². The topological polar surface area (TPSA) is 59.1 Å². The van der Waals surface area contributed by atoms with Crippen molar-refractivity contribution in [3.05, 3.63) is 29.6 Å². The van der Waals surface area contributed by atoms with Crippen molar-refractivity contribution in [2.75, 3.05) is 6.26 Å². The summed E-state index contributed by atoms with van der Waals surface area (Å²) in [6.07, 6.45) is 2.84. The van der Waals surface area contributed by atoms with Crippen LogP contribution < -0.4 is 4.72 Å². The number of aromatic nitrogens is 1. The average Bonchev–Trinajstić information content (AvgIpc) is 2.14. The fourth-order valence-corrected chi connectivity index (χ4v) is 1.53. The van der Waals surface area contributed by atoms with E-state index in [0.29, 0.717) is 12.5 Å². The van der Waals surface area contributed by atoms with Crippen molar-refractivity contribution < 1.29 is 8.42 Å². The van der Waals surface area contributed by atoms with Crippen LogP contribution in [0.3, 0.4) is 0 Å². The van der Waals surface area contributed by atoms with Crippen molar-refractivity contribution in [3.8, 4) is 0 Å². The highest BCUT2D eigenvalue weighted by atomic mass is 32.2. The molecule has 15 heavy (non-hydrogen) atoms. The molecule has 0 atom stereocenters. The number of hydrogen-bond donors (Lipinski definition) is 1. The first kappa shape index (κ1) is 12.1. The summed E-state index contributed by atoms with van der Waals surface area (Å²) in [4.78, 5) is 4.24. The SMILES string of the molecule is CC(C)c1ccc(CNS(C)(=O)=O)cn1. The van der Waals surface area contributed by atoms with Gasteiger partial charge in [0, 0.05) is 18.4 Å². The molecule has 0 aliphatic rings. The lowest BCUT2D eigenvalue weighted by molar-refractivity contribution is 0.587. The molecule has 1 aromatic rings. The zero-order valence-corrected chi connectivity index (χ0v) is 10.0. The van der Waals surface area contributed by atoms with Gasteiger partial charge in [-0.15, -0.1) is 0 Å². The summed E-state index contributed by atoms with van der Waals surface area (Å²) < 4.78 is 24.1. The Morgan fingerprint density at radius 3 is 2.47 bits per heavy atom. The monoisotopic (exact) mass is 228 g/mol. The Morgan fingerprint density at radius 1 is 1.40 bits per heavy atom. The standard InChI is InChI=1S/C10H16N2O2S/c1-8(2)10-5-4-9(6-11-10)7-12-15(3,13)14/h4-6,8,12H,7H2,1-3H3. The van der Waals surface area contributed by atoms with Crippen molar-refractivity contribution in [2.24, 2.45) is 0 Å². The average molecular weight is 228 g/mol. The lowest BCUT2D eigenvalue weighted by Crippen LogP contribution is -2.21. The van der Waals surface area contributed by atoms with Crippen LogP contribution in [0.4, 0.5) is 0 Å². The molecule has 0 bridgehead atoms. The second kappa shape index (κ2) is 4.72. The van der Waals surface area contributed by atoms with Crippen LogP contribution in [-0.2, 0) is 16.6 Å². The molecule has 1 rings (SSSR count). The van der Waals surface area contributed by atoms with Crippen LogP contribution in [0, 0.1) is 0 Å². The minimum Gasteiger partial charge on any atom is -0.261 e. The zero-order chi connectivity index (χ0) is 11.5. The van der Waals surface area contributed by atoms with E-state index in [1.807, 2.05) is 12.1 Å². The van der Waals surface area contributed by atoms with E-state index in [-0.39, 0.29) is 0 Å². The molecule has 5 heteroatoms. The van der Waals surface area contributed by atoms with Gasteiger partial charge in [-0.3, -0.25) is 4.98 Å². The molecular formula is C10H16N2O2S. The third-order valence-corrected chi connectivity index (χ3v) is 2.65. The van der Waals surface area contributed by atoms with Crippen LogP contribution >= 0.6 is 0 Å². The lowest BCUT2D eigenvalue weighted by atomic mass is 10.1. The van der Waals surface area contributed by atoms with Crippen LogP contribution in [0.15, 0.2) is 18.3 Å². The summed E-state index contributed by atoms with van der Waals surface area (Å²) in [6, 6.07) is 3.81. The third-order valence-electron chi connectivity index (χ3n) is 1.98. The molecule has 0 amide bonds. The Hall–Kier alpha value is -0.940. The number of hydrogen-bond acceptors (Lipinski definition) is 3. The number of nitrogens with one attached hydrogen (secondary N) is 1. The fraction of sp³-hybridized carbons (Fsp3) is 0.500. The molecule has 4 nitrogen and oxygen atoms in total. The van der Waals surface area contributed by atoms with Gasteiger partial charge in [-0.2, -0.15) is 0 Å². The van der Waals surface area contributed by atoms with Gasteiger partial charge in [-0.25, -0.2) is 13.1 Å². The number of pyridine rings is 1. The Morgan fingerprint density at radius 2 is 2.07 bits per heavy atom. The fourth-order valence-electron chi connectivity index (χ4n) is 1.10. The Bertz CT molecular complexity index is 410. The molecule has 0 unspecified atom stereocenters. The van der Waals surface area contributed by atoms with E-state index in [4.69, 9.17) is 0 Å². The van der Waals surface area contributed by atoms with Gasteiger partial charge < -0.3 is 0 Å². The third kappa shape index (κ3) is 4.40. The predicted molar refractivity (Wildman–Crippen MR) is 60.0 cm³/mol. The van der Waals surface area contributed by atoms with Gasteiger partial charge in [-0.1, -0.05) is 19.9 Å². The molecule has 0 aliphatic carbocycles. The molecule has 0 fully saturated rings. The summed E-state index contributed by atoms with van der Waals surface area (Å²) in [7, 11) is -3.13. The minimum atomic E-state index is -3.13. The van der Waals surface area contributed by atoms with Gasteiger partial charge in [-0.05, 0) is 17.5 Å². The maximum atomic E-state index is 10.8. The number of rotatable bonds is 4. The second-order valence-electron chi connectivity index (χ2n) is 3.84. The van der Waals surface area contributed by atoms with Gasteiger partial charge in [0.2, 0.25) is 10.0 Å². The lowest BCUT2D eigenvalue weighted by Gasteiger charge is -2.06. The van der Waals surface area contributed by atoms with Crippen molar-refractivity contribution >= 4 is 10.0 Å². The van der Waals surface area contributed by atoms with E-state index in [1.54, 1.807) is 6.20 Å². The zero-order valence-electron chi connectivity index (χ0n) is 9.19. The first-order chi connectivity index (χ1) is 6.88. The Balaban J connectivity index is 2.65. The first-order valence-electron chi connectivity index (χ1n) is 4.78. The molecule has 0 spiro atoms. The Labute approximate surface area is 90.8 Å². The molecule has 0 aliphatic heterocycles. The van der Waals surface area contributed by atoms with E-state index in [2.05, 4.69) is 23.6 Å². The van der Waals surface area contributed by atoms with Crippen LogP contribution in [0.2, 0.25) is 0 Å². The highest BCUT2D eigenvalue weighted by Gasteiger charge is 2.03. The minimum absolute atomic E-state index is 0.296. The van der Waals surface area contributed by atoms with E-state index >= 15 is 0 Å². The van der Waals surface area contributed by atoms with Crippen LogP contribution in [0.5, 0.6) is 0 Å². The number of nitrogens with zero attached hydrogens (tertiary/aromatic N) is 1. The molecule has 0 saturated heterocycles. The summed E-state index contributed by atoms with van der Waals surface area (Å²) >= 11 is 0. The summed E-state index contributed by atoms with van der Waals surface area (Å²) in [5.74, 6) is 0.391. The van der Waals surface area contributed by atoms with E-state index in [1.165, 1.54) is 0 Å². The smallest absolute Gasteiger partial charge is 0.209 e. The van der Waals surface area contributed by atoms with E-state index < -0.39 is 10.0 Å². The molecular weight excluding hydrogens is 212 g/mol. The molecule has 0 saturated carbocycles. The van der Waals surface area contributed by atoms with Crippen molar-refractivity contribution in [3.63, 3.8) is 0 Å². The summed E-state index contributed by atoms with van der Waals surface area (Å²) in [6.45, 7) is 4.43. The van der Waals surface area contributed by atoms with Gasteiger partial charge in [0.15, 0.2) is 0 Å². The molecule has 84 valence electrons. The van der Waals surface area contributed by atoms with Gasteiger partial charge >= 0.3 is 0 Å². The van der Waals surface area contributed by atoms with Crippen LogP contribution in [0.25, 0.3) is 0 Å². The number of sulfonamides is 1. The first-order valence-corrected chi connectivity index (χ1v) is 6.67. The summed E-state index contributed by atoms with van der Waals surface area (Å²) in [5.41, 5.74) is 1.88. The molecule has 0 aromatic carbocycles. The van der Waals surface area contributed by atoms with Gasteiger partial charge in [0.1, 0.15) is 0 Å². The van der Waals surface area contributed by atoms with Gasteiger partial charge in [0.05, 0.1) is 6.26 Å². The van der Waals surface area contributed by atoms with E-state index in [0.717, 1.165) is 17.5 Å². The Kier molecular flexibility index (Phi) is 3.82. The highest BCUT2D eigenvalue weighted by molar-refractivity contribution is 7.88. The van der Waals surface area contributed by atoms with Crippen LogP contribution in [0.1, 0.15) is 31.0 Å². The van der Waals surface area contributed by atoms with Crippen molar-refractivity contribution in [1.82, 2.24) is 9.71 Å². The maximum Gasteiger partial charge on any atom is 0.209 e. The molecule has 1 aromatic heterocycles. The molecule has 0 radical (unpaired) electrons. The maximum absolute atomic E-state index is 10.8.